The first-order valence-corrected chi connectivity index (χ1v) is 7.75. The summed E-state index contributed by atoms with van der Waals surface area (Å²) in [5, 5.41) is 2.86. The number of anilines is 1. The number of carbonyl (C=O) groups excluding carboxylic acids is 2. The van der Waals surface area contributed by atoms with Gasteiger partial charge in [-0.2, -0.15) is 0 Å². The van der Waals surface area contributed by atoms with Crippen LogP contribution in [0.25, 0.3) is 0 Å². The molecule has 0 saturated carbocycles. The molecule has 4 nitrogen and oxygen atoms in total. The topological polar surface area (TPSA) is 49.4 Å². The number of aryl methyl sites for hydroxylation is 1. The Morgan fingerprint density at radius 1 is 1.29 bits per heavy atom. The van der Waals surface area contributed by atoms with Crippen molar-refractivity contribution in [2.24, 2.45) is 0 Å². The first kappa shape index (κ1) is 17.7. The highest BCUT2D eigenvalue weighted by Crippen LogP contribution is 2.20. The van der Waals surface area contributed by atoms with E-state index in [1.807, 2.05) is 45.9 Å². The number of rotatable bonds is 4. The largest absolute Gasteiger partial charge is 0.338 e. The van der Waals surface area contributed by atoms with Gasteiger partial charge in [-0.15, -0.1) is 0 Å². The van der Waals surface area contributed by atoms with Gasteiger partial charge in [0.25, 0.3) is 0 Å². The van der Waals surface area contributed by atoms with E-state index in [9.17, 15) is 9.59 Å². The van der Waals surface area contributed by atoms with Crippen LogP contribution in [0.4, 0.5) is 5.69 Å². The summed E-state index contributed by atoms with van der Waals surface area (Å²) in [5.74, 6) is -0.109. The number of hydrogen-bond donors (Lipinski definition) is 1. The van der Waals surface area contributed by atoms with Crippen LogP contribution in [-0.2, 0) is 9.59 Å². The predicted octanol–water partition coefficient (Wildman–Crippen LogP) is 3.73. The minimum atomic E-state index is -0.277. The lowest BCUT2D eigenvalue weighted by atomic mass is 10.1. The highest BCUT2D eigenvalue weighted by atomic mass is 79.9. The van der Waals surface area contributed by atoms with E-state index in [1.165, 1.54) is 6.92 Å². The average Bonchev–Trinajstić information content (AvgIpc) is 2.32. The van der Waals surface area contributed by atoms with Gasteiger partial charge in [-0.3, -0.25) is 9.59 Å². The fourth-order valence-corrected chi connectivity index (χ4v) is 2.37. The van der Waals surface area contributed by atoms with Crippen LogP contribution in [0.15, 0.2) is 22.7 Å². The van der Waals surface area contributed by atoms with Crippen molar-refractivity contribution in [1.29, 1.82) is 0 Å². The number of hydrogen-bond acceptors (Lipinski definition) is 2. The van der Waals surface area contributed by atoms with E-state index in [-0.39, 0.29) is 23.8 Å². The fourth-order valence-electron chi connectivity index (χ4n) is 2.12. The zero-order valence-corrected chi connectivity index (χ0v) is 14.9. The summed E-state index contributed by atoms with van der Waals surface area (Å²) in [6, 6.07) is 5.66. The molecule has 0 spiro atoms. The highest BCUT2D eigenvalue weighted by Gasteiger charge is 2.23. The molecule has 0 fully saturated rings. The van der Waals surface area contributed by atoms with Gasteiger partial charge >= 0.3 is 0 Å². The van der Waals surface area contributed by atoms with Crippen LogP contribution in [-0.4, -0.2) is 28.8 Å². The van der Waals surface area contributed by atoms with Crippen molar-refractivity contribution >= 4 is 33.4 Å². The Labute approximate surface area is 135 Å². The van der Waals surface area contributed by atoms with Gasteiger partial charge in [0.15, 0.2) is 0 Å². The van der Waals surface area contributed by atoms with E-state index in [4.69, 9.17) is 0 Å². The first-order valence-electron chi connectivity index (χ1n) is 6.95. The first-order chi connectivity index (χ1) is 9.61. The van der Waals surface area contributed by atoms with Crippen molar-refractivity contribution in [1.82, 2.24) is 4.90 Å². The van der Waals surface area contributed by atoms with E-state index in [2.05, 4.69) is 21.2 Å². The Morgan fingerprint density at radius 3 is 2.38 bits per heavy atom. The lowest BCUT2D eigenvalue weighted by Crippen LogP contribution is -2.45. The van der Waals surface area contributed by atoms with E-state index < -0.39 is 0 Å². The molecular weight excluding hydrogens is 332 g/mol. The lowest BCUT2D eigenvalue weighted by molar-refractivity contribution is -0.134. The van der Waals surface area contributed by atoms with E-state index >= 15 is 0 Å². The van der Waals surface area contributed by atoms with Gasteiger partial charge in [0, 0.05) is 35.6 Å². The standard InChI is InChI=1S/C16H23BrN2O2/c1-11-10-13(6-7-14(11)17)18-15(21)8-9-19(12(2)20)16(3,4)5/h6-7,10H,8-9H2,1-5H3,(H,18,21). The summed E-state index contributed by atoms with van der Waals surface area (Å²) in [6.45, 7) is 9.80. The molecule has 0 bridgehead atoms. The Hall–Kier alpha value is -1.36. The van der Waals surface area contributed by atoms with Gasteiger partial charge in [-0.1, -0.05) is 15.9 Å². The van der Waals surface area contributed by atoms with Crippen LogP contribution in [0.3, 0.4) is 0 Å². The van der Waals surface area contributed by atoms with Gasteiger partial charge < -0.3 is 10.2 Å². The number of amides is 2. The molecule has 0 aliphatic carbocycles. The molecule has 0 heterocycles. The quantitative estimate of drug-likeness (QED) is 0.895. The van der Waals surface area contributed by atoms with Crippen molar-refractivity contribution in [3.05, 3.63) is 28.2 Å². The molecule has 1 rings (SSSR count). The molecule has 0 unspecified atom stereocenters. The zero-order valence-electron chi connectivity index (χ0n) is 13.3. The van der Waals surface area contributed by atoms with Crippen LogP contribution in [0.5, 0.6) is 0 Å². The summed E-state index contributed by atoms with van der Waals surface area (Å²) in [5.41, 5.74) is 1.55. The molecule has 0 aromatic heterocycles. The third-order valence-electron chi connectivity index (χ3n) is 3.19. The summed E-state index contributed by atoms with van der Waals surface area (Å²) in [7, 11) is 0. The maximum Gasteiger partial charge on any atom is 0.226 e. The number of carbonyl (C=O) groups is 2. The van der Waals surface area contributed by atoms with Crippen LogP contribution in [0, 0.1) is 6.92 Å². The van der Waals surface area contributed by atoms with Crippen molar-refractivity contribution in [2.45, 2.75) is 46.6 Å². The molecule has 116 valence electrons. The Bertz CT molecular complexity index is 536. The van der Waals surface area contributed by atoms with Crippen molar-refractivity contribution in [3.8, 4) is 0 Å². The number of benzene rings is 1. The summed E-state index contributed by atoms with van der Waals surface area (Å²) < 4.78 is 1.01. The lowest BCUT2D eigenvalue weighted by Gasteiger charge is -2.34. The molecule has 0 aliphatic rings. The van der Waals surface area contributed by atoms with Gasteiger partial charge in [0.1, 0.15) is 0 Å². The Morgan fingerprint density at radius 2 is 1.90 bits per heavy atom. The van der Waals surface area contributed by atoms with Crippen molar-refractivity contribution < 1.29 is 9.59 Å². The molecular formula is C16H23BrN2O2. The van der Waals surface area contributed by atoms with E-state index in [0.29, 0.717) is 6.54 Å². The van der Waals surface area contributed by atoms with Crippen LogP contribution < -0.4 is 5.32 Å². The summed E-state index contributed by atoms with van der Waals surface area (Å²) in [4.78, 5) is 25.3. The molecule has 0 aliphatic heterocycles. The Kier molecular flexibility index (Phi) is 5.96. The van der Waals surface area contributed by atoms with Crippen LogP contribution in [0.2, 0.25) is 0 Å². The molecule has 5 heteroatoms. The average molecular weight is 355 g/mol. The minimum Gasteiger partial charge on any atom is -0.338 e. The van der Waals surface area contributed by atoms with Gasteiger partial charge in [-0.25, -0.2) is 0 Å². The van der Waals surface area contributed by atoms with Crippen LogP contribution in [0.1, 0.15) is 39.7 Å². The number of halogens is 1. The molecule has 21 heavy (non-hydrogen) atoms. The normalized spacial score (nSPS) is 11.1. The second-order valence-electron chi connectivity index (χ2n) is 6.10. The third-order valence-corrected chi connectivity index (χ3v) is 4.08. The van der Waals surface area contributed by atoms with Crippen molar-refractivity contribution in [2.75, 3.05) is 11.9 Å². The maximum absolute atomic E-state index is 12.0. The monoisotopic (exact) mass is 354 g/mol. The predicted molar refractivity (Wildman–Crippen MR) is 89.3 cm³/mol. The van der Waals surface area contributed by atoms with Gasteiger partial charge in [-0.05, 0) is 51.5 Å². The molecule has 1 N–H and O–H groups in total. The SMILES string of the molecule is CC(=O)N(CCC(=O)Nc1ccc(Br)c(C)c1)C(C)(C)C. The minimum absolute atomic E-state index is 0.0187. The number of nitrogens with zero attached hydrogens (tertiary/aromatic N) is 1. The molecule has 0 saturated heterocycles. The van der Waals surface area contributed by atoms with Gasteiger partial charge in [0.2, 0.25) is 11.8 Å². The molecule has 0 atom stereocenters. The fraction of sp³-hybridized carbons (Fsp3) is 0.500. The molecule has 1 aromatic carbocycles. The highest BCUT2D eigenvalue weighted by molar-refractivity contribution is 9.10. The van der Waals surface area contributed by atoms with Crippen molar-refractivity contribution in [3.63, 3.8) is 0 Å². The molecule has 2 amide bonds. The maximum atomic E-state index is 12.0. The van der Waals surface area contributed by atoms with E-state index in [0.717, 1.165) is 15.7 Å². The number of nitrogens with one attached hydrogen (secondary N) is 1. The Balaban J connectivity index is 2.61. The van der Waals surface area contributed by atoms with E-state index in [1.54, 1.807) is 4.90 Å². The third kappa shape index (κ3) is 5.50. The smallest absolute Gasteiger partial charge is 0.226 e. The second kappa shape index (κ2) is 7.07. The summed E-state index contributed by atoms with van der Waals surface area (Å²) in [6.07, 6.45) is 0.284. The summed E-state index contributed by atoms with van der Waals surface area (Å²) >= 11 is 3.43. The molecule has 1 aromatic rings. The van der Waals surface area contributed by atoms with Crippen LogP contribution >= 0.6 is 15.9 Å². The van der Waals surface area contributed by atoms with Gasteiger partial charge in [0.05, 0.1) is 0 Å². The zero-order chi connectivity index (χ0) is 16.2. The second-order valence-corrected chi connectivity index (χ2v) is 6.96. The molecule has 0 radical (unpaired) electrons.